The molecule has 1 N–H and O–H groups in total. The number of sulfonamides is 1. The quantitative estimate of drug-likeness (QED) is 0.747. The van der Waals surface area contributed by atoms with Crippen LogP contribution in [0.5, 0.6) is 0 Å². The van der Waals surface area contributed by atoms with Gasteiger partial charge in [0.15, 0.2) is 0 Å². The first kappa shape index (κ1) is 19.4. The maximum absolute atomic E-state index is 12.8. The van der Waals surface area contributed by atoms with Gasteiger partial charge in [-0.1, -0.05) is 6.07 Å². The number of nitrogens with zero attached hydrogens (tertiary/aromatic N) is 1. The number of carbonyl (C=O) groups is 1. The van der Waals surface area contributed by atoms with E-state index >= 15 is 0 Å². The fraction of sp³-hybridized carbons (Fsp3) is 0.235. The monoisotopic (exact) mass is 382 g/mol. The summed E-state index contributed by atoms with van der Waals surface area (Å²) in [6.45, 7) is 0. The Balaban J connectivity index is 1.91. The molecule has 5 nitrogen and oxygen atoms in total. The van der Waals surface area contributed by atoms with Crippen LogP contribution in [0.2, 0.25) is 0 Å². The molecule has 8 heteroatoms. The number of nitrogens with one attached hydrogen (secondary N) is 1. The summed E-state index contributed by atoms with van der Waals surface area (Å²) < 4.78 is 38.2. The second-order valence-corrected chi connectivity index (χ2v) is 8.74. The summed E-state index contributed by atoms with van der Waals surface area (Å²) in [6.07, 6.45) is 0.257. The minimum Gasteiger partial charge on any atom is -0.326 e. The second-order valence-electron chi connectivity index (χ2n) is 5.42. The number of halogens is 1. The second kappa shape index (κ2) is 8.46. The molecule has 0 aliphatic heterocycles. The van der Waals surface area contributed by atoms with Crippen molar-refractivity contribution >= 4 is 33.4 Å². The van der Waals surface area contributed by atoms with Gasteiger partial charge < -0.3 is 5.32 Å². The van der Waals surface area contributed by atoms with Gasteiger partial charge in [0.2, 0.25) is 15.9 Å². The summed E-state index contributed by atoms with van der Waals surface area (Å²) in [5.74, 6) is 0.0244. The molecule has 2 rings (SSSR count). The molecule has 0 saturated carbocycles. The lowest BCUT2D eigenvalue weighted by molar-refractivity contribution is -0.115. The minimum absolute atomic E-state index is 0.121. The van der Waals surface area contributed by atoms with Gasteiger partial charge in [-0.2, -0.15) is 0 Å². The molecule has 25 heavy (non-hydrogen) atoms. The van der Waals surface area contributed by atoms with Gasteiger partial charge in [-0.25, -0.2) is 17.1 Å². The van der Waals surface area contributed by atoms with Crippen LogP contribution in [0.3, 0.4) is 0 Å². The van der Waals surface area contributed by atoms with E-state index in [0.717, 1.165) is 9.20 Å². The third-order valence-corrected chi connectivity index (χ3v) is 6.13. The molecule has 0 bridgehead atoms. The Morgan fingerprint density at radius 3 is 2.48 bits per heavy atom. The predicted molar refractivity (Wildman–Crippen MR) is 97.7 cm³/mol. The molecule has 0 fully saturated rings. The molecular formula is C17H19FN2O3S2. The molecule has 0 aliphatic rings. The van der Waals surface area contributed by atoms with Crippen molar-refractivity contribution in [3.63, 3.8) is 0 Å². The standard InChI is InChI=1S/C17H19FN2O3S2/c1-20(2)25(22,23)16-5-3-4-14(12-16)19-17(21)10-11-24-15-8-6-13(18)7-9-15/h3-9,12H,10-11H2,1-2H3,(H,19,21). The number of anilines is 1. The average Bonchev–Trinajstić information content (AvgIpc) is 2.56. The van der Waals surface area contributed by atoms with Crippen molar-refractivity contribution < 1.29 is 17.6 Å². The Labute approximate surface area is 151 Å². The van der Waals surface area contributed by atoms with Gasteiger partial charge in [0, 0.05) is 36.9 Å². The van der Waals surface area contributed by atoms with Crippen LogP contribution in [0, 0.1) is 5.82 Å². The van der Waals surface area contributed by atoms with Crippen LogP contribution in [0.4, 0.5) is 10.1 Å². The highest BCUT2D eigenvalue weighted by molar-refractivity contribution is 7.99. The first-order valence-corrected chi connectivity index (χ1v) is 9.92. The summed E-state index contributed by atoms with van der Waals surface area (Å²) in [7, 11) is -0.641. The summed E-state index contributed by atoms with van der Waals surface area (Å²) in [4.78, 5) is 13.0. The fourth-order valence-corrected chi connectivity index (χ4v) is 3.76. The van der Waals surface area contributed by atoms with Gasteiger partial charge >= 0.3 is 0 Å². The normalized spacial score (nSPS) is 11.5. The maximum atomic E-state index is 12.8. The zero-order valence-electron chi connectivity index (χ0n) is 13.9. The van der Waals surface area contributed by atoms with Gasteiger partial charge in [0.25, 0.3) is 0 Å². The van der Waals surface area contributed by atoms with E-state index in [9.17, 15) is 17.6 Å². The Hall–Kier alpha value is -1.90. The molecule has 0 atom stereocenters. The lowest BCUT2D eigenvalue weighted by atomic mass is 10.3. The molecule has 1 amide bonds. The average molecular weight is 382 g/mol. The van der Waals surface area contributed by atoms with Gasteiger partial charge in [0.05, 0.1) is 4.90 Å². The van der Waals surface area contributed by atoms with Crippen LogP contribution in [0.15, 0.2) is 58.3 Å². The summed E-state index contributed by atoms with van der Waals surface area (Å²) in [6, 6.07) is 12.2. The highest BCUT2D eigenvalue weighted by Gasteiger charge is 2.17. The lowest BCUT2D eigenvalue weighted by Gasteiger charge is -2.12. The smallest absolute Gasteiger partial charge is 0.242 e. The molecule has 2 aromatic rings. The molecule has 0 aromatic heterocycles. The minimum atomic E-state index is -3.54. The molecule has 0 unspecified atom stereocenters. The Morgan fingerprint density at radius 1 is 1.16 bits per heavy atom. The summed E-state index contributed by atoms with van der Waals surface area (Å²) in [5, 5.41) is 2.69. The third-order valence-electron chi connectivity index (χ3n) is 3.31. The Kier molecular flexibility index (Phi) is 6.57. The molecule has 0 spiro atoms. The van der Waals surface area contributed by atoms with Crippen LogP contribution in [0.25, 0.3) is 0 Å². The van der Waals surface area contributed by atoms with Crippen molar-refractivity contribution in [2.45, 2.75) is 16.2 Å². The number of hydrogen-bond donors (Lipinski definition) is 1. The summed E-state index contributed by atoms with van der Waals surface area (Å²) in [5.41, 5.74) is 0.430. The number of hydrogen-bond acceptors (Lipinski definition) is 4. The van der Waals surface area contributed by atoms with Crippen LogP contribution in [-0.2, 0) is 14.8 Å². The number of benzene rings is 2. The Bertz CT molecular complexity index is 837. The third kappa shape index (κ3) is 5.55. The van der Waals surface area contributed by atoms with E-state index in [1.165, 1.54) is 50.1 Å². The maximum Gasteiger partial charge on any atom is 0.242 e. The fourth-order valence-electron chi connectivity index (χ4n) is 1.96. The molecule has 0 aliphatic carbocycles. The highest BCUT2D eigenvalue weighted by atomic mass is 32.2. The van der Waals surface area contributed by atoms with E-state index in [-0.39, 0.29) is 23.0 Å². The highest BCUT2D eigenvalue weighted by Crippen LogP contribution is 2.20. The molecular weight excluding hydrogens is 363 g/mol. The van der Waals surface area contributed by atoms with E-state index in [4.69, 9.17) is 0 Å². The van der Waals surface area contributed by atoms with Crippen molar-refractivity contribution in [3.05, 3.63) is 54.3 Å². The number of thioether (sulfide) groups is 1. The van der Waals surface area contributed by atoms with E-state index in [2.05, 4.69) is 5.32 Å². The first-order valence-electron chi connectivity index (χ1n) is 7.50. The van der Waals surface area contributed by atoms with Gasteiger partial charge in [-0.15, -0.1) is 11.8 Å². The molecule has 0 saturated heterocycles. The van der Waals surface area contributed by atoms with E-state index in [1.54, 1.807) is 24.3 Å². The number of rotatable bonds is 7. The molecule has 0 radical (unpaired) electrons. The SMILES string of the molecule is CN(C)S(=O)(=O)c1cccc(NC(=O)CCSc2ccc(F)cc2)c1. The van der Waals surface area contributed by atoms with Crippen molar-refractivity contribution in [3.8, 4) is 0 Å². The molecule has 134 valence electrons. The van der Waals surface area contributed by atoms with Crippen molar-refractivity contribution in [1.82, 2.24) is 4.31 Å². The van der Waals surface area contributed by atoms with Crippen LogP contribution in [-0.4, -0.2) is 38.5 Å². The van der Waals surface area contributed by atoms with Crippen molar-refractivity contribution in [2.75, 3.05) is 25.2 Å². The van der Waals surface area contributed by atoms with Crippen LogP contribution < -0.4 is 5.32 Å². The van der Waals surface area contributed by atoms with Gasteiger partial charge in [0.1, 0.15) is 5.82 Å². The van der Waals surface area contributed by atoms with Crippen LogP contribution in [0.1, 0.15) is 6.42 Å². The predicted octanol–water partition coefficient (Wildman–Crippen LogP) is 3.20. The zero-order chi connectivity index (χ0) is 18.4. The van der Waals surface area contributed by atoms with Gasteiger partial charge in [-0.3, -0.25) is 4.79 Å². The van der Waals surface area contributed by atoms with Gasteiger partial charge in [-0.05, 0) is 42.5 Å². The Morgan fingerprint density at radius 2 is 1.84 bits per heavy atom. The number of amides is 1. The topological polar surface area (TPSA) is 66.5 Å². The van der Waals surface area contributed by atoms with Crippen molar-refractivity contribution in [1.29, 1.82) is 0 Å². The first-order chi connectivity index (χ1) is 11.8. The molecule has 0 heterocycles. The summed E-state index contributed by atoms with van der Waals surface area (Å²) >= 11 is 1.45. The van der Waals surface area contributed by atoms with Crippen LogP contribution >= 0.6 is 11.8 Å². The van der Waals surface area contributed by atoms with E-state index in [1.807, 2.05) is 0 Å². The van der Waals surface area contributed by atoms with E-state index < -0.39 is 10.0 Å². The number of carbonyl (C=O) groups excluding carboxylic acids is 1. The molecule has 2 aromatic carbocycles. The zero-order valence-corrected chi connectivity index (χ0v) is 15.5. The van der Waals surface area contributed by atoms with Crippen molar-refractivity contribution in [2.24, 2.45) is 0 Å². The van der Waals surface area contributed by atoms with E-state index in [0.29, 0.717) is 11.4 Å². The lowest BCUT2D eigenvalue weighted by Crippen LogP contribution is -2.22. The largest absolute Gasteiger partial charge is 0.326 e.